The van der Waals surface area contributed by atoms with Gasteiger partial charge in [-0.3, -0.25) is 9.69 Å². The number of nitrogens with zero attached hydrogens (tertiary/aromatic N) is 3. The highest BCUT2D eigenvalue weighted by molar-refractivity contribution is 5.93. The maximum atomic E-state index is 11.4. The van der Waals surface area contributed by atoms with E-state index in [1.165, 1.54) is 5.56 Å². The van der Waals surface area contributed by atoms with E-state index in [0.717, 1.165) is 43.3 Å². The van der Waals surface area contributed by atoms with E-state index in [-0.39, 0.29) is 6.04 Å². The Hall–Kier alpha value is -3.12. The van der Waals surface area contributed by atoms with Gasteiger partial charge in [0.05, 0.1) is 6.20 Å². The van der Waals surface area contributed by atoms with Crippen molar-refractivity contribution < 1.29 is 9.21 Å². The zero-order valence-electron chi connectivity index (χ0n) is 15.9. The van der Waals surface area contributed by atoms with Gasteiger partial charge in [-0.05, 0) is 36.2 Å². The summed E-state index contributed by atoms with van der Waals surface area (Å²) in [4.78, 5) is 20.6. The maximum absolute atomic E-state index is 11.4. The molecule has 0 saturated carbocycles. The zero-order chi connectivity index (χ0) is 19.5. The predicted molar refractivity (Wildman–Crippen MR) is 108 cm³/mol. The Labute approximate surface area is 164 Å². The van der Waals surface area contributed by atoms with Gasteiger partial charge in [0.15, 0.2) is 0 Å². The van der Waals surface area contributed by atoms with E-state index < -0.39 is 5.91 Å². The molecule has 1 aromatic heterocycles. The molecule has 1 saturated heterocycles. The molecule has 0 aliphatic carbocycles. The number of aromatic nitrogens is 1. The summed E-state index contributed by atoms with van der Waals surface area (Å²) in [5.74, 6) is 0.331. The fraction of sp³-hybridized carbons (Fsp3) is 0.273. The number of hydrogen-bond donors (Lipinski definition) is 1. The molecule has 2 aromatic carbocycles. The average molecular weight is 376 g/mol. The summed E-state index contributed by atoms with van der Waals surface area (Å²) in [6.07, 6.45) is 3.33. The van der Waals surface area contributed by atoms with Crippen LogP contribution in [0.2, 0.25) is 0 Å². The lowest BCUT2D eigenvalue weighted by atomic mass is 10.0. The van der Waals surface area contributed by atoms with Gasteiger partial charge in [0.2, 0.25) is 11.8 Å². The minimum Gasteiger partial charge on any atom is -0.447 e. The summed E-state index contributed by atoms with van der Waals surface area (Å²) in [7, 11) is 0. The van der Waals surface area contributed by atoms with Crippen molar-refractivity contribution in [3.05, 3.63) is 83.6 Å². The van der Waals surface area contributed by atoms with Gasteiger partial charge < -0.3 is 15.1 Å². The Kier molecular flexibility index (Phi) is 5.12. The van der Waals surface area contributed by atoms with Gasteiger partial charge in [0, 0.05) is 37.4 Å². The van der Waals surface area contributed by atoms with Crippen LogP contribution >= 0.6 is 0 Å². The fourth-order valence-corrected chi connectivity index (χ4v) is 3.90. The van der Waals surface area contributed by atoms with Crippen LogP contribution in [-0.2, 0) is 0 Å². The van der Waals surface area contributed by atoms with E-state index in [1.54, 1.807) is 18.5 Å². The van der Waals surface area contributed by atoms with Crippen LogP contribution in [0.25, 0.3) is 0 Å². The van der Waals surface area contributed by atoms with Crippen molar-refractivity contribution in [1.82, 2.24) is 9.88 Å². The molecule has 6 nitrogen and oxygen atoms in total. The number of nitrogens with two attached hydrogens (primary N) is 1. The first-order chi connectivity index (χ1) is 13.6. The molecule has 0 bridgehead atoms. The summed E-state index contributed by atoms with van der Waals surface area (Å²) >= 11 is 0. The van der Waals surface area contributed by atoms with Crippen molar-refractivity contribution in [2.75, 3.05) is 31.1 Å². The number of carbonyl (C=O) groups is 1. The average Bonchev–Trinajstić information content (AvgIpc) is 3.24. The first-order valence-electron chi connectivity index (χ1n) is 9.47. The largest absolute Gasteiger partial charge is 0.447 e. The van der Waals surface area contributed by atoms with Crippen LogP contribution in [0.5, 0.6) is 0 Å². The predicted octanol–water partition coefficient (Wildman–Crippen LogP) is 2.99. The normalized spacial score (nSPS) is 16.1. The van der Waals surface area contributed by atoms with Gasteiger partial charge >= 0.3 is 0 Å². The van der Waals surface area contributed by atoms with Gasteiger partial charge in [-0.1, -0.05) is 30.3 Å². The van der Waals surface area contributed by atoms with Crippen molar-refractivity contribution in [1.29, 1.82) is 0 Å². The molecule has 1 unspecified atom stereocenters. The summed E-state index contributed by atoms with van der Waals surface area (Å²) in [5, 5.41) is 0. The van der Waals surface area contributed by atoms with E-state index in [0.29, 0.717) is 5.56 Å². The molecule has 2 heterocycles. The Morgan fingerprint density at radius 2 is 1.86 bits per heavy atom. The van der Waals surface area contributed by atoms with Crippen LogP contribution in [0.4, 0.5) is 5.69 Å². The third-order valence-electron chi connectivity index (χ3n) is 5.30. The van der Waals surface area contributed by atoms with Crippen molar-refractivity contribution in [2.45, 2.75) is 13.0 Å². The lowest BCUT2D eigenvalue weighted by Crippen LogP contribution is -2.48. The molecule has 2 N–H and O–H groups in total. The molecule has 1 aliphatic heterocycles. The van der Waals surface area contributed by atoms with Crippen molar-refractivity contribution in [3.8, 4) is 0 Å². The number of benzene rings is 2. The maximum Gasteiger partial charge on any atom is 0.248 e. The standard InChI is InChI=1S/C22H24N4O2/c1-16-15-18(21(23)27)7-8-19(16)25-10-12-26(13-11-25)20(22-24-9-14-28-22)17-5-3-2-4-6-17/h2-9,14-15,20H,10-13H2,1H3,(H2,23,27). The molecule has 144 valence electrons. The lowest BCUT2D eigenvalue weighted by Gasteiger charge is -2.39. The van der Waals surface area contributed by atoms with Crippen LogP contribution in [0.1, 0.15) is 33.4 Å². The highest BCUT2D eigenvalue weighted by Gasteiger charge is 2.29. The summed E-state index contributed by atoms with van der Waals surface area (Å²) < 4.78 is 5.66. The number of anilines is 1. The Bertz CT molecular complexity index is 932. The molecule has 1 amide bonds. The lowest BCUT2D eigenvalue weighted by molar-refractivity contribution is 0.1000. The van der Waals surface area contributed by atoms with Crippen molar-refractivity contribution in [3.63, 3.8) is 0 Å². The highest BCUT2D eigenvalue weighted by Crippen LogP contribution is 2.30. The van der Waals surface area contributed by atoms with E-state index in [2.05, 4.69) is 26.9 Å². The van der Waals surface area contributed by atoms with Gasteiger partial charge in [-0.15, -0.1) is 0 Å². The smallest absolute Gasteiger partial charge is 0.248 e. The highest BCUT2D eigenvalue weighted by atomic mass is 16.3. The zero-order valence-corrected chi connectivity index (χ0v) is 15.9. The fourth-order valence-electron chi connectivity index (χ4n) is 3.90. The Morgan fingerprint density at radius 3 is 2.46 bits per heavy atom. The molecule has 4 rings (SSSR count). The van der Waals surface area contributed by atoms with E-state index in [4.69, 9.17) is 10.2 Å². The second kappa shape index (κ2) is 7.86. The van der Waals surface area contributed by atoms with Crippen molar-refractivity contribution in [2.24, 2.45) is 5.73 Å². The number of piperazine rings is 1. The monoisotopic (exact) mass is 376 g/mol. The molecular weight excluding hydrogens is 352 g/mol. The molecule has 1 atom stereocenters. The number of aryl methyl sites for hydroxylation is 1. The molecule has 3 aromatic rings. The molecule has 28 heavy (non-hydrogen) atoms. The van der Waals surface area contributed by atoms with Crippen LogP contribution in [0.15, 0.2) is 65.4 Å². The molecular formula is C22H24N4O2. The minimum absolute atomic E-state index is 0.0108. The number of primary amides is 1. The number of amides is 1. The molecule has 0 radical (unpaired) electrons. The van der Waals surface area contributed by atoms with Gasteiger partial charge in [-0.25, -0.2) is 4.98 Å². The van der Waals surface area contributed by atoms with Gasteiger partial charge in [-0.2, -0.15) is 0 Å². The third-order valence-corrected chi connectivity index (χ3v) is 5.30. The third kappa shape index (κ3) is 3.64. The van der Waals surface area contributed by atoms with Crippen LogP contribution in [0, 0.1) is 6.92 Å². The number of rotatable bonds is 5. The summed E-state index contributed by atoms with van der Waals surface area (Å²) in [6.45, 7) is 5.58. The minimum atomic E-state index is -0.392. The molecule has 6 heteroatoms. The van der Waals surface area contributed by atoms with Gasteiger partial charge in [0.25, 0.3) is 0 Å². The van der Waals surface area contributed by atoms with Crippen LogP contribution in [-0.4, -0.2) is 42.0 Å². The number of oxazole rings is 1. The summed E-state index contributed by atoms with van der Waals surface area (Å²) in [5.41, 5.74) is 9.34. The molecule has 0 spiro atoms. The van der Waals surface area contributed by atoms with E-state index in [9.17, 15) is 4.79 Å². The first-order valence-corrected chi connectivity index (χ1v) is 9.47. The van der Waals surface area contributed by atoms with Crippen LogP contribution < -0.4 is 10.6 Å². The molecule has 1 aliphatic rings. The number of carbonyl (C=O) groups excluding carboxylic acids is 1. The summed E-state index contributed by atoms with van der Waals surface area (Å²) in [6, 6.07) is 16.0. The van der Waals surface area contributed by atoms with E-state index >= 15 is 0 Å². The number of hydrogen-bond acceptors (Lipinski definition) is 5. The Balaban J connectivity index is 1.52. The van der Waals surface area contributed by atoms with Crippen molar-refractivity contribution >= 4 is 11.6 Å². The van der Waals surface area contributed by atoms with E-state index in [1.807, 2.05) is 37.3 Å². The second-order valence-corrected chi connectivity index (χ2v) is 7.07. The topological polar surface area (TPSA) is 75.6 Å². The Morgan fingerprint density at radius 1 is 1.11 bits per heavy atom. The quantitative estimate of drug-likeness (QED) is 0.741. The first kappa shape index (κ1) is 18.3. The second-order valence-electron chi connectivity index (χ2n) is 7.07. The molecule has 1 fully saturated rings. The SMILES string of the molecule is Cc1cc(C(N)=O)ccc1N1CCN(C(c2ccccc2)c2ncco2)CC1. The van der Waals surface area contributed by atoms with Gasteiger partial charge in [0.1, 0.15) is 12.3 Å². The van der Waals surface area contributed by atoms with Crippen LogP contribution in [0.3, 0.4) is 0 Å².